The lowest BCUT2D eigenvalue weighted by atomic mass is 10.1. The fourth-order valence-corrected chi connectivity index (χ4v) is 2.07. The molecule has 0 aromatic heterocycles. The van der Waals surface area contributed by atoms with E-state index in [1.807, 2.05) is 6.07 Å². The van der Waals surface area contributed by atoms with Crippen molar-refractivity contribution in [2.75, 3.05) is 5.32 Å². The van der Waals surface area contributed by atoms with Crippen LogP contribution in [0.1, 0.15) is 21.5 Å². The van der Waals surface area contributed by atoms with Gasteiger partial charge in [0.05, 0.1) is 21.8 Å². The molecule has 0 saturated heterocycles. The predicted molar refractivity (Wildman–Crippen MR) is 75.3 cm³/mol. The van der Waals surface area contributed by atoms with Crippen molar-refractivity contribution in [3.63, 3.8) is 0 Å². The number of nitriles is 1. The second-order valence-corrected chi connectivity index (χ2v) is 4.57. The summed E-state index contributed by atoms with van der Waals surface area (Å²) >= 11 is 5.83. The van der Waals surface area contributed by atoms with Gasteiger partial charge in [0.1, 0.15) is 11.9 Å². The van der Waals surface area contributed by atoms with Crippen LogP contribution in [0.4, 0.5) is 10.1 Å². The third-order valence-electron chi connectivity index (χ3n) is 2.82. The normalized spacial score (nSPS) is 9.90. The Bertz CT molecular complexity index is 702. The van der Waals surface area contributed by atoms with Crippen molar-refractivity contribution >= 4 is 23.2 Å². The van der Waals surface area contributed by atoms with E-state index in [9.17, 15) is 9.18 Å². The highest BCUT2D eigenvalue weighted by atomic mass is 35.5. The van der Waals surface area contributed by atoms with Gasteiger partial charge >= 0.3 is 0 Å². The van der Waals surface area contributed by atoms with Crippen LogP contribution >= 0.6 is 11.6 Å². The molecular formula is C15H10ClFN2O. The molecule has 0 spiro atoms. The summed E-state index contributed by atoms with van der Waals surface area (Å²) in [5, 5.41) is 11.6. The number of halogens is 2. The zero-order valence-corrected chi connectivity index (χ0v) is 11.3. The number of anilines is 1. The van der Waals surface area contributed by atoms with E-state index in [0.717, 1.165) is 11.6 Å². The highest BCUT2D eigenvalue weighted by Crippen LogP contribution is 2.23. The van der Waals surface area contributed by atoms with Crippen LogP contribution < -0.4 is 5.32 Å². The van der Waals surface area contributed by atoms with Crippen LogP contribution in [0.3, 0.4) is 0 Å². The number of benzene rings is 2. The van der Waals surface area contributed by atoms with E-state index < -0.39 is 11.7 Å². The van der Waals surface area contributed by atoms with Gasteiger partial charge in [0, 0.05) is 0 Å². The summed E-state index contributed by atoms with van der Waals surface area (Å²) in [5.74, 6) is -1.39. The Morgan fingerprint density at radius 3 is 2.65 bits per heavy atom. The number of aryl methyl sites for hydroxylation is 1. The van der Waals surface area contributed by atoms with E-state index in [1.165, 1.54) is 12.1 Å². The van der Waals surface area contributed by atoms with Crippen LogP contribution in [0, 0.1) is 24.1 Å². The summed E-state index contributed by atoms with van der Waals surface area (Å²) in [6.07, 6.45) is 0. The summed E-state index contributed by atoms with van der Waals surface area (Å²) in [5.41, 5.74) is 1.16. The predicted octanol–water partition coefficient (Wildman–Crippen LogP) is 3.91. The summed E-state index contributed by atoms with van der Waals surface area (Å²) < 4.78 is 13.7. The Morgan fingerprint density at radius 2 is 2.00 bits per heavy atom. The Kier molecular flexibility index (Phi) is 4.02. The number of nitrogens with one attached hydrogen (secondary N) is 1. The van der Waals surface area contributed by atoms with Crippen molar-refractivity contribution in [2.45, 2.75) is 6.92 Å². The minimum Gasteiger partial charge on any atom is -0.321 e. The molecule has 3 nitrogen and oxygen atoms in total. The molecule has 0 fully saturated rings. The molecule has 0 aliphatic heterocycles. The smallest absolute Gasteiger partial charge is 0.260 e. The molecule has 0 bridgehead atoms. The molecule has 0 saturated carbocycles. The number of hydrogen-bond donors (Lipinski definition) is 1. The molecule has 0 radical (unpaired) electrons. The largest absolute Gasteiger partial charge is 0.321 e. The topological polar surface area (TPSA) is 52.9 Å². The van der Waals surface area contributed by atoms with Crippen molar-refractivity contribution in [1.29, 1.82) is 5.26 Å². The van der Waals surface area contributed by atoms with Crippen LogP contribution in [-0.4, -0.2) is 5.91 Å². The molecular weight excluding hydrogens is 279 g/mol. The lowest BCUT2D eigenvalue weighted by Gasteiger charge is -2.10. The van der Waals surface area contributed by atoms with Gasteiger partial charge in [-0.05, 0) is 30.7 Å². The lowest BCUT2D eigenvalue weighted by Crippen LogP contribution is -2.15. The molecule has 2 aromatic rings. The van der Waals surface area contributed by atoms with E-state index in [-0.39, 0.29) is 10.6 Å². The van der Waals surface area contributed by atoms with Crippen molar-refractivity contribution < 1.29 is 9.18 Å². The molecule has 0 unspecified atom stereocenters. The zero-order valence-electron chi connectivity index (χ0n) is 10.6. The molecule has 1 amide bonds. The number of carbonyl (C=O) groups is 1. The van der Waals surface area contributed by atoms with E-state index in [2.05, 4.69) is 5.32 Å². The van der Waals surface area contributed by atoms with Gasteiger partial charge in [-0.1, -0.05) is 29.8 Å². The first-order valence-electron chi connectivity index (χ1n) is 5.79. The molecule has 20 heavy (non-hydrogen) atoms. The molecule has 0 aliphatic rings. The second kappa shape index (κ2) is 5.72. The van der Waals surface area contributed by atoms with Crippen LogP contribution in [0.2, 0.25) is 5.02 Å². The lowest BCUT2D eigenvalue weighted by molar-refractivity contribution is 0.102. The molecule has 100 valence electrons. The second-order valence-electron chi connectivity index (χ2n) is 4.16. The van der Waals surface area contributed by atoms with Crippen LogP contribution in [-0.2, 0) is 0 Å². The van der Waals surface area contributed by atoms with Gasteiger partial charge in [0.25, 0.3) is 5.91 Å². The quantitative estimate of drug-likeness (QED) is 0.911. The zero-order chi connectivity index (χ0) is 14.7. The van der Waals surface area contributed by atoms with Gasteiger partial charge in [0.2, 0.25) is 0 Å². The average molecular weight is 289 g/mol. The van der Waals surface area contributed by atoms with Gasteiger partial charge in [-0.25, -0.2) is 4.39 Å². The Balaban J connectivity index is 2.39. The molecule has 2 aromatic carbocycles. The Labute approximate surface area is 120 Å². The number of hydrogen-bond acceptors (Lipinski definition) is 2. The number of rotatable bonds is 2. The molecule has 0 atom stereocenters. The first-order valence-corrected chi connectivity index (χ1v) is 6.17. The number of amides is 1. The van der Waals surface area contributed by atoms with E-state index in [4.69, 9.17) is 16.9 Å². The van der Waals surface area contributed by atoms with Crippen LogP contribution in [0.15, 0.2) is 36.4 Å². The van der Waals surface area contributed by atoms with Crippen molar-refractivity contribution in [2.24, 2.45) is 0 Å². The molecule has 0 heterocycles. The molecule has 2 rings (SSSR count). The van der Waals surface area contributed by atoms with Crippen molar-refractivity contribution in [1.82, 2.24) is 0 Å². The molecule has 0 aliphatic carbocycles. The van der Waals surface area contributed by atoms with Gasteiger partial charge in [-0.3, -0.25) is 4.79 Å². The summed E-state index contributed by atoms with van der Waals surface area (Å²) in [6, 6.07) is 11.1. The third kappa shape index (κ3) is 2.63. The van der Waals surface area contributed by atoms with E-state index in [1.54, 1.807) is 25.1 Å². The number of carbonyl (C=O) groups excluding carboxylic acids is 1. The Hall–Kier alpha value is -2.38. The maximum atomic E-state index is 13.7. The fourth-order valence-electron chi connectivity index (χ4n) is 1.82. The van der Waals surface area contributed by atoms with Crippen LogP contribution in [0.25, 0.3) is 0 Å². The van der Waals surface area contributed by atoms with Crippen LogP contribution in [0.5, 0.6) is 0 Å². The maximum Gasteiger partial charge on any atom is 0.260 e. The van der Waals surface area contributed by atoms with Gasteiger partial charge < -0.3 is 5.32 Å². The first-order chi connectivity index (χ1) is 9.54. The minimum atomic E-state index is -0.707. The minimum absolute atomic E-state index is 0.0219. The number of nitrogens with zero attached hydrogens (tertiary/aromatic N) is 1. The average Bonchev–Trinajstić information content (AvgIpc) is 2.38. The monoisotopic (exact) mass is 288 g/mol. The van der Waals surface area contributed by atoms with E-state index >= 15 is 0 Å². The Morgan fingerprint density at radius 1 is 1.30 bits per heavy atom. The first kappa shape index (κ1) is 14.0. The third-order valence-corrected chi connectivity index (χ3v) is 3.14. The summed E-state index contributed by atoms with van der Waals surface area (Å²) in [6.45, 7) is 1.75. The van der Waals surface area contributed by atoms with Gasteiger partial charge in [-0.2, -0.15) is 5.26 Å². The summed E-state index contributed by atoms with van der Waals surface area (Å²) in [7, 11) is 0. The van der Waals surface area contributed by atoms with Gasteiger partial charge in [0.15, 0.2) is 0 Å². The highest BCUT2D eigenvalue weighted by molar-refractivity contribution is 6.34. The SMILES string of the molecule is Cc1cccc(NC(=O)c2c(F)cccc2Cl)c1C#N. The standard InChI is InChI=1S/C15H10ClFN2O/c1-9-4-2-7-13(10(9)8-18)19-15(20)14-11(16)5-3-6-12(14)17/h2-7H,1H3,(H,19,20). The van der Waals surface area contributed by atoms with Crippen molar-refractivity contribution in [3.05, 3.63) is 63.9 Å². The summed E-state index contributed by atoms with van der Waals surface area (Å²) in [4.78, 5) is 12.1. The molecule has 1 N–H and O–H groups in total. The van der Waals surface area contributed by atoms with Gasteiger partial charge in [-0.15, -0.1) is 0 Å². The fraction of sp³-hybridized carbons (Fsp3) is 0.0667. The maximum absolute atomic E-state index is 13.7. The van der Waals surface area contributed by atoms with E-state index in [0.29, 0.717) is 11.3 Å². The highest BCUT2D eigenvalue weighted by Gasteiger charge is 2.17. The molecule has 5 heteroatoms. The van der Waals surface area contributed by atoms with Crippen molar-refractivity contribution in [3.8, 4) is 6.07 Å².